The molecule has 8 heteroatoms. The van der Waals surface area contributed by atoms with Crippen LogP contribution >= 0.6 is 0 Å². The number of hydrogen-bond acceptors (Lipinski definition) is 8. The van der Waals surface area contributed by atoms with Crippen LogP contribution in [0.25, 0.3) is 0 Å². The zero-order chi connectivity index (χ0) is 84.5. The molecule has 5 aliphatic rings. The Bertz CT molecular complexity index is 1410. The second kappa shape index (κ2) is 113. The maximum absolute atomic E-state index is 12.8. The largest absolute Gasteiger partial charge is 0.462 e. The molecule has 0 aromatic heterocycles. The summed E-state index contributed by atoms with van der Waals surface area (Å²) in [5.41, 5.74) is -0.334. The van der Waals surface area contributed by atoms with Gasteiger partial charge in [-0.1, -0.05) is 403 Å². The lowest BCUT2D eigenvalue weighted by Crippen LogP contribution is -2.72. The van der Waals surface area contributed by atoms with Gasteiger partial charge in [-0.3, -0.25) is 0 Å². The van der Waals surface area contributed by atoms with Gasteiger partial charge < -0.3 is 29.9 Å². The van der Waals surface area contributed by atoms with Crippen molar-refractivity contribution in [1.29, 1.82) is 0 Å². The van der Waals surface area contributed by atoms with E-state index in [1.54, 1.807) is 0 Å². The minimum Gasteiger partial charge on any atom is -0.462 e. The van der Waals surface area contributed by atoms with Gasteiger partial charge in [0.2, 0.25) is 0 Å². The van der Waals surface area contributed by atoms with Gasteiger partial charge in [-0.15, -0.1) is 0 Å². The van der Waals surface area contributed by atoms with Gasteiger partial charge in [0.1, 0.15) is 6.61 Å². The maximum atomic E-state index is 12.8. The van der Waals surface area contributed by atoms with E-state index in [9.17, 15) is 30.0 Å². The topological polar surface area (TPSA) is 134 Å². The summed E-state index contributed by atoms with van der Waals surface area (Å²) in [4.78, 5) is 25.3. The molecule has 0 amide bonds. The number of allylic oxidation sites excluding steroid dienone is 4. The first kappa shape index (κ1) is 149. The van der Waals surface area contributed by atoms with Crippen molar-refractivity contribution in [3.63, 3.8) is 0 Å². The van der Waals surface area contributed by atoms with E-state index in [1.807, 2.05) is 360 Å². The van der Waals surface area contributed by atoms with Crippen molar-refractivity contribution in [3.8, 4) is 0 Å². The lowest BCUT2D eigenvalue weighted by atomic mass is 9.33. The van der Waals surface area contributed by atoms with Gasteiger partial charge in [0.05, 0.1) is 36.4 Å². The summed E-state index contributed by atoms with van der Waals surface area (Å²) in [5.74, 6) is -0.795. The molecule has 0 radical (unpaired) electrons. The van der Waals surface area contributed by atoms with E-state index in [1.165, 1.54) is 24.1 Å². The number of carbonyl (C=O) groups is 2. The molecular formula is C89H208O8. The van der Waals surface area contributed by atoms with E-state index in [0.29, 0.717) is 19.3 Å². The third-order valence-corrected chi connectivity index (χ3v) is 14.7. The Balaban J connectivity index is -0.0000000567. The number of hydrogen-bond donors (Lipinski definition) is 4. The number of ether oxygens (including phenoxy) is 2. The normalized spacial score (nSPS) is 24.4. The van der Waals surface area contributed by atoms with Gasteiger partial charge >= 0.3 is 11.9 Å². The summed E-state index contributed by atoms with van der Waals surface area (Å²) in [5, 5.41) is 47.1. The first-order valence-corrected chi connectivity index (χ1v) is 42.6. The summed E-state index contributed by atoms with van der Waals surface area (Å²) < 4.78 is 11.6. The molecular weight excluding hydrogens is 1200 g/mol. The number of carbonyl (C=O) groups excluding carboxylic acids is 2. The molecule has 0 saturated heterocycles. The fraction of sp³-hybridized carbons (Fsp3) is 0.910. The third-order valence-electron chi connectivity index (χ3n) is 14.7. The number of aliphatic hydroxyl groups excluding tert-OH is 4. The molecule has 5 rings (SSSR count). The third kappa shape index (κ3) is 53.5. The smallest absolute Gasteiger partial charge is 0.330 e. The fourth-order valence-corrected chi connectivity index (χ4v) is 11.9. The Labute approximate surface area is 624 Å². The Hall–Kier alpha value is -2.00. The molecule has 0 bridgehead atoms. The Morgan fingerprint density at radius 1 is 0.412 bits per heavy atom. The summed E-state index contributed by atoms with van der Waals surface area (Å²) in [7, 11) is 0. The molecule has 97 heavy (non-hydrogen) atoms. The van der Waals surface area contributed by atoms with Crippen LogP contribution in [0, 0.1) is 50.2 Å². The highest BCUT2D eigenvalue weighted by atomic mass is 16.5. The first-order chi connectivity index (χ1) is 46.5. The molecule has 8 nitrogen and oxygen atoms in total. The van der Waals surface area contributed by atoms with Crippen LogP contribution in [0.15, 0.2) is 34.9 Å². The van der Waals surface area contributed by atoms with Crippen molar-refractivity contribution in [2.75, 3.05) is 13.2 Å². The standard InChI is InChI=1S/C40H62O8.C3H8.23C2H6/c1-23(2)17-31(43)47-21-37(8)27-13-16-38(9)28(36(27,7)15-14-29(37)41)12-11-25-26-19-35(5,6)33(45)34(46)40(26,30(42)20-39(25,38)10)22-48-32(44)18-24(3)4;1-3-2;23*1-2/h11,17-18,26-30,33-34,41-42,45-46H,12-16,19-22H2,1-10H3;3H2,1-2H3;23*1-2H3/t26?,27?,28?,29-,30+,33-,34-,36-,37+,38+,39+,40-;;;;;;;;;;;;;;;;;;;;;;;;/m0......................../s1. The van der Waals surface area contributed by atoms with Crippen LogP contribution in [0.4, 0.5) is 0 Å². The molecule has 0 aliphatic heterocycles. The molecule has 0 heterocycles. The minimum atomic E-state index is -1.28. The van der Waals surface area contributed by atoms with Crippen LogP contribution in [0.5, 0.6) is 0 Å². The van der Waals surface area contributed by atoms with Gasteiger partial charge in [-0.2, -0.15) is 0 Å². The Kier molecular flexibility index (Phi) is 173. The molecule has 4 fully saturated rings. The molecule has 4 N–H and O–H groups in total. The quantitative estimate of drug-likeness (QED) is 0.117. The first-order valence-electron chi connectivity index (χ1n) is 42.6. The predicted octanol–water partition coefficient (Wildman–Crippen LogP) is 31.1. The van der Waals surface area contributed by atoms with Gasteiger partial charge in [-0.05, 0) is 112 Å². The van der Waals surface area contributed by atoms with Crippen molar-refractivity contribution in [2.45, 2.75) is 477 Å². The van der Waals surface area contributed by atoms with Gasteiger partial charge in [0.25, 0.3) is 0 Å². The molecule has 0 spiro atoms. The molecule has 0 aromatic rings. The SMILES string of the molecule is CC.CC.CC.CC.CC.CC.CC.CC.CC.CC.CC.CC.CC.CC.CC.CC.CC.CC.CC.CC.CC.CC.CC.CC(C)=CC(=O)OC[C@@]12C(CC(C)(C)[C@@H](O)[C@@H]1O)C1=CCC3[C@@]4(C)CC[C@H](O)[C@](C)(COC(=O)C=C(C)C)C4CC[C@@]3(C)[C@]1(C)C[C@H]2O.CCC. The average Bonchev–Trinajstić information content (AvgIpc) is 0.674. The van der Waals surface area contributed by atoms with Crippen LogP contribution in [0.3, 0.4) is 0 Å². The lowest BCUT2D eigenvalue weighted by molar-refractivity contribution is -0.260. The predicted molar refractivity (Wildman–Crippen MR) is 461 cm³/mol. The fourth-order valence-electron chi connectivity index (χ4n) is 11.9. The second-order valence-corrected chi connectivity index (χ2v) is 19.2. The summed E-state index contributed by atoms with van der Waals surface area (Å²) in [6.07, 6.45) is 7.56. The number of esters is 2. The van der Waals surface area contributed by atoms with Crippen LogP contribution in [-0.4, -0.2) is 70.0 Å². The van der Waals surface area contributed by atoms with Crippen molar-refractivity contribution in [3.05, 3.63) is 34.9 Å². The van der Waals surface area contributed by atoms with Crippen molar-refractivity contribution in [2.24, 2.45) is 50.2 Å². The maximum Gasteiger partial charge on any atom is 0.330 e. The number of fused-ring (bicyclic) bond motifs is 7. The molecule has 5 aliphatic carbocycles. The van der Waals surface area contributed by atoms with Crippen molar-refractivity contribution < 1.29 is 39.5 Å². The van der Waals surface area contributed by atoms with E-state index < -0.39 is 52.0 Å². The minimum absolute atomic E-state index is 0.137. The molecule has 12 atom stereocenters. The van der Waals surface area contributed by atoms with E-state index in [2.05, 4.69) is 47.6 Å². The molecule has 3 unspecified atom stereocenters. The Morgan fingerprint density at radius 2 is 0.701 bits per heavy atom. The van der Waals surface area contributed by atoms with Crippen molar-refractivity contribution >= 4 is 11.9 Å². The highest BCUT2D eigenvalue weighted by molar-refractivity contribution is 5.83. The summed E-state index contributed by atoms with van der Waals surface area (Å²) in [6.45, 7) is 117. The number of aliphatic hydroxyl groups is 4. The second-order valence-electron chi connectivity index (χ2n) is 19.2. The van der Waals surface area contributed by atoms with Gasteiger partial charge in [0, 0.05) is 17.6 Å². The van der Waals surface area contributed by atoms with Gasteiger partial charge in [-0.25, -0.2) is 9.59 Å². The van der Waals surface area contributed by atoms with E-state index in [0.717, 1.165) is 36.8 Å². The van der Waals surface area contributed by atoms with Gasteiger partial charge in [0.15, 0.2) is 0 Å². The van der Waals surface area contributed by atoms with Crippen LogP contribution in [-0.2, 0) is 19.1 Å². The number of rotatable bonds is 6. The van der Waals surface area contributed by atoms with Crippen LogP contribution in [0.2, 0.25) is 0 Å². The highest BCUT2D eigenvalue weighted by Gasteiger charge is 2.73. The van der Waals surface area contributed by atoms with Crippen molar-refractivity contribution in [1.82, 2.24) is 0 Å². The average molecular weight is 1410 g/mol. The molecule has 0 aromatic carbocycles. The zero-order valence-electron chi connectivity index (χ0n) is 79.8. The summed E-state index contributed by atoms with van der Waals surface area (Å²) in [6, 6.07) is 0. The monoisotopic (exact) mass is 1410 g/mol. The van der Waals surface area contributed by atoms with E-state index in [-0.39, 0.29) is 47.8 Å². The lowest BCUT2D eigenvalue weighted by Gasteiger charge is -2.72. The van der Waals surface area contributed by atoms with E-state index >= 15 is 0 Å². The molecule has 4 saturated carbocycles. The zero-order valence-corrected chi connectivity index (χ0v) is 79.8. The van der Waals surface area contributed by atoms with Crippen LogP contribution < -0.4 is 0 Å². The van der Waals surface area contributed by atoms with E-state index in [4.69, 9.17) is 9.47 Å². The van der Waals surface area contributed by atoms with Crippen LogP contribution in [0.1, 0.15) is 453 Å². The highest BCUT2D eigenvalue weighted by Crippen LogP contribution is 2.76. The Morgan fingerprint density at radius 3 is 0.990 bits per heavy atom. The molecule has 612 valence electrons. The summed E-state index contributed by atoms with van der Waals surface area (Å²) >= 11 is 0.